The number of rotatable bonds is 4. The average Bonchev–Trinajstić information content (AvgIpc) is 2.28. The lowest BCUT2D eigenvalue weighted by Crippen LogP contribution is -2.44. The van der Waals surface area contributed by atoms with Crippen molar-refractivity contribution >= 4 is 5.91 Å². The molecule has 0 aliphatic heterocycles. The maximum absolute atomic E-state index is 11.9. The van der Waals surface area contributed by atoms with Gasteiger partial charge in [-0.25, -0.2) is 0 Å². The van der Waals surface area contributed by atoms with Crippen LogP contribution in [0.3, 0.4) is 0 Å². The predicted molar refractivity (Wildman–Crippen MR) is 66.6 cm³/mol. The SMILES string of the molecule is CC(C)(C)[C@H](CCO)NC(=O)c1cccnc1. The van der Waals surface area contributed by atoms with Crippen molar-refractivity contribution in [2.75, 3.05) is 6.61 Å². The number of aliphatic hydroxyl groups excluding tert-OH is 1. The Bertz CT molecular complexity index is 357. The Morgan fingerprint density at radius 1 is 1.53 bits per heavy atom. The third-order valence-corrected chi connectivity index (χ3v) is 2.69. The predicted octanol–water partition coefficient (Wildman–Crippen LogP) is 1.61. The molecule has 1 heterocycles. The van der Waals surface area contributed by atoms with Crippen LogP contribution in [-0.2, 0) is 0 Å². The highest BCUT2D eigenvalue weighted by atomic mass is 16.3. The number of carbonyl (C=O) groups excluding carboxylic acids is 1. The topological polar surface area (TPSA) is 62.2 Å². The molecule has 1 aromatic heterocycles. The lowest BCUT2D eigenvalue weighted by molar-refractivity contribution is 0.0885. The Morgan fingerprint density at radius 2 is 2.24 bits per heavy atom. The number of nitrogens with one attached hydrogen (secondary N) is 1. The number of hydrogen-bond donors (Lipinski definition) is 2. The summed E-state index contributed by atoms with van der Waals surface area (Å²) in [5, 5.41) is 12.0. The number of pyridine rings is 1. The van der Waals surface area contributed by atoms with Gasteiger partial charge in [-0.2, -0.15) is 0 Å². The minimum Gasteiger partial charge on any atom is -0.396 e. The van der Waals surface area contributed by atoms with Crippen molar-refractivity contribution in [1.29, 1.82) is 0 Å². The van der Waals surface area contributed by atoms with E-state index in [9.17, 15) is 4.79 Å². The van der Waals surface area contributed by atoms with Crippen molar-refractivity contribution in [3.05, 3.63) is 30.1 Å². The van der Waals surface area contributed by atoms with Crippen molar-refractivity contribution in [1.82, 2.24) is 10.3 Å². The van der Waals surface area contributed by atoms with Gasteiger partial charge in [0.05, 0.1) is 5.56 Å². The fraction of sp³-hybridized carbons (Fsp3) is 0.538. The van der Waals surface area contributed by atoms with Crippen LogP contribution in [0.2, 0.25) is 0 Å². The maximum atomic E-state index is 11.9. The zero-order valence-electron chi connectivity index (χ0n) is 10.6. The smallest absolute Gasteiger partial charge is 0.253 e. The first-order chi connectivity index (χ1) is 7.95. The minimum absolute atomic E-state index is 0.0554. The van der Waals surface area contributed by atoms with Gasteiger partial charge in [0.1, 0.15) is 0 Å². The number of aromatic nitrogens is 1. The normalized spacial score (nSPS) is 13.2. The van der Waals surface area contributed by atoms with Gasteiger partial charge in [-0.15, -0.1) is 0 Å². The molecule has 4 heteroatoms. The molecule has 0 saturated carbocycles. The summed E-state index contributed by atoms with van der Waals surface area (Å²) in [6.07, 6.45) is 3.72. The van der Waals surface area contributed by atoms with Crippen LogP contribution >= 0.6 is 0 Å². The summed E-state index contributed by atoms with van der Waals surface area (Å²) in [4.78, 5) is 15.9. The van der Waals surface area contributed by atoms with Crippen LogP contribution in [0.5, 0.6) is 0 Å². The molecular weight excluding hydrogens is 216 g/mol. The van der Waals surface area contributed by atoms with Gasteiger partial charge in [-0.1, -0.05) is 20.8 Å². The van der Waals surface area contributed by atoms with Crippen molar-refractivity contribution in [3.63, 3.8) is 0 Å². The molecule has 94 valence electrons. The summed E-state index contributed by atoms with van der Waals surface area (Å²) in [5.74, 6) is -0.147. The number of nitrogens with zero attached hydrogens (tertiary/aromatic N) is 1. The monoisotopic (exact) mass is 236 g/mol. The highest BCUT2D eigenvalue weighted by Gasteiger charge is 2.25. The molecule has 1 aromatic rings. The zero-order valence-corrected chi connectivity index (χ0v) is 10.6. The van der Waals surface area contributed by atoms with Crippen LogP contribution in [0, 0.1) is 5.41 Å². The molecule has 0 aromatic carbocycles. The Kier molecular flexibility index (Phi) is 4.63. The fourth-order valence-electron chi connectivity index (χ4n) is 1.59. The second-order valence-electron chi connectivity index (χ2n) is 5.15. The van der Waals surface area contributed by atoms with E-state index >= 15 is 0 Å². The summed E-state index contributed by atoms with van der Waals surface area (Å²) in [6.45, 7) is 6.18. The Labute approximate surface area is 102 Å². The van der Waals surface area contributed by atoms with Crippen molar-refractivity contribution in [2.24, 2.45) is 5.41 Å². The minimum atomic E-state index is -0.147. The molecule has 1 amide bonds. The van der Waals surface area contributed by atoms with E-state index in [-0.39, 0.29) is 24.0 Å². The van der Waals surface area contributed by atoms with Gasteiger partial charge in [0.25, 0.3) is 5.91 Å². The molecule has 0 aliphatic rings. The molecule has 2 N–H and O–H groups in total. The first-order valence-corrected chi connectivity index (χ1v) is 5.77. The van der Waals surface area contributed by atoms with E-state index in [1.165, 1.54) is 6.20 Å². The van der Waals surface area contributed by atoms with E-state index in [0.717, 1.165) is 0 Å². The van der Waals surface area contributed by atoms with Gasteiger partial charge in [0, 0.05) is 25.0 Å². The van der Waals surface area contributed by atoms with Gasteiger partial charge in [-0.3, -0.25) is 9.78 Å². The fourth-order valence-corrected chi connectivity index (χ4v) is 1.59. The molecule has 1 rings (SSSR count). The molecule has 0 bridgehead atoms. The van der Waals surface area contributed by atoms with Crippen LogP contribution in [-0.4, -0.2) is 28.6 Å². The number of aliphatic hydroxyl groups is 1. The first kappa shape index (κ1) is 13.6. The molecule has 0 aliphatic carbocycles. The van der Waals surface area contributed by atoms with Crippen LogP contribution < -0.4 is 5.32 Å². The van der Waals surface area contributed by atoms with Gasteiger partial charge in [0.2, 0.25) is 0 Å². The van der Waals surface area contributed by atoms with E-state index in [4.69, 9.17) is 5.11 Å². The molecule has 0 saturated heterocycles. The standard InChI is InChI=1S/C13H20N2O2/c1-13(2,3)11(6-8-16)15-12(17)10-5-4-7-14-9-10/h4-5,7,9,11,16H,6,8H2,1-3H3,(H,15,17)/t11-/m0/s1. The molecule has 0 radical (unpaired) electrons. The van der Waals surface area contributed by atoms with E-state index in [0.29, 0.717) is 12.0 Å². The number of hydrogen-bond acceptors (Lipinski definition) is 3. The summed E-state index contributed by atoms with van der Waals surface area (Å²) in [7, 11) is 0. The third-order valence-electron chi connectivity index (χ3n) is 2.69. The van der Waals surface area contributed by atoms with Gasteiger partial charge >= 0.3 is 0 Å². The Balaban J connectivity index is 2.71. The van der Waals surface area contributed by atoms with E-state index < -0.39 is 0 Å². The summed E-state index contributed by atoms with van der Waals surface area (Å²) in [5.41, 5.74) is 0.459. The lowest BCUT2D eigenvalue weighted by atomic mass is 9.85. The molecule has 4 nitrogen and oxygen atoms in total. The van der Waals surface area contributed by atoms with Crippen molar-refractivity contribution in [2.45, 2.75) is 33.2 Å². The lowest BCUT2D eigenvalue weighted by Gasteiger charge is -2.31. The van der Waals surface area contributed by atoms with Crippen LogP contribution in [0.4, 0.5) is 0 Å². The van der Waals surface area contributed by atoms with Gasteiger partial charge in [-0.05, 0) is 24.0 Å². The first-order valence-electron chi connectivity index (χ1n) is 5.77. The van der Waals surface area contributed by atoms with E-state index in [1.807, 2.05) is 20.8 Å². The van der Waals surface area contributed by atoms with Gasteiger partial charge in [0.15, 0.2) is 0 Å². The van der Waals surface area contributed by atoms with Crippen LogP contribution in [0.15, 0.2) is 24.5 Å². The summed E-state index contributed by atoms with van der Waals surface area (Å²) >= 11 is 0. The maximum Gasteiger partial charge on any atom is 0.253 e. The second-order valence-corrected chi connectivity index (χ2v) is 5.15. The molecule has 0 fully saturated rings. The van der Waals surface area contributed by atoms with Crippen molar-refractivity contribution in [3.8, 4) is 0 Å². The molecule has 1 atom stereocenters. The zero-order chi connectivity index (χ0) is 12.9. The van der Waals surface area contributed by atoms with Gasteiger partial charge < -0.3 is 10.4 Å². The highest BCUT2D eigenvalue weighted by Crippen LogP contribution is 2.21. The van der Waals surface area contributed by atoms with E-state index in [2.05, 4.69) is 10.3 Å². The summed E-state index contributed by atoms with van der Waals surface area (Å²) < 4.78 is 0. The average molecular weight is 236 g/mol. The quantitative estimate of drug-likeness (QED) is 0.835. The Morgan fingerprint density at radius 3 is 2.71 bits per heavy atom. The number of carbonyl (C=O) groups is 1. The van der Waals surface area contributed by atoms with Crippen LogP contribution in [0.25, 0.3) is 0 Å². The van der Waals surface area contributed by atoms with Crippen molar-refractivity contribution < 1.29 is 9.90 Å². The summed E-state index contributed by atoms with van der Waals surface area (Å²) in [6, 6.07) is 3.40. The van der Waals surface area contributed by atoms with Crippen LogP contribution in [0.1, 0.15) is 37.6 Å². The third kappa shape index (κ3) is 4.15. The highest BCUT2D eigenvalue weighted by molar-refractivity contribution is 5.94. The molecule has 17 heavy (non-hydrogen) atoms. The molecular formula is C13H20N2O2. The second kappa shape index (κ2) is 5.77. The number of amides is 1. The Hall–Kier alpha value is -1.42. The molecule has 0 spiro atoms. The van der Waals surface area contributed by atoms with E-state index in [1.54, 1.807) is 18.3 Å². The largest absolute Gasteiger partial charge is 0.396 e. The molecule has 0 unspecified atom stereocenters.